The van der Waals surface area contributed by atoms with E-state index in [0.717, 1.165) is 16.5 Å². The molecule has 0 aromatic heterocycles. The van der Waals surface area contributed by atoms with Gasteiger partial charge in [-0.1, -0.05) is 59.1 Å². The molecule has 3 aromatic carbocycles. The third-order valence-corrected chi connectivity index (χ3v) is 7.69. The standard InChI is InChI=1S/C27H24BrCl2NO2/c1-15-6-9-24-21(10-15)19-4-3-5-20(19)26(31-24)17-11-22(28)27(25(12-17)32-2)33-14-16-7-8-18(29)13-23(16)30/h3-4,6-13,19-20,26,31H,5,14H2,1-2H3/t19-,20+,26+/m1/s1. The van der Waals surface area contributed by atoms with E-state index in [1.807, 2.05) is 12.1 Å². The first kappa shape index (κ1) is 22.6. The average Bonchev–Trinajstić information content (AvgIpc) is 3.29. The van der Waals surface area contributed by atoms with Crippen molar-refractivity contribution in [1.29, 1.82) is 0 Å². The number of allylic oxidation sites excluding steroid dienone is 2. The molecule has 1 aliphatic heterocycles. The third-order valence-electron chi connectivity index (χ3n) is 6.52. The molecule has 3 aromatic rings. The van der Waals surface area contributed by atoms with Crippen LogP contribution in [0.1, 0.15) is 40.6 Å². The van der Waals surface area contributed by atoms with Crippen molar-refractivity contribution in [2.24, 2.45) is 5.92 Å². The van der Waals surface area contributed by atoms with Crippen LogP contribution >= 0.6 is 39.1 Å². The summed E-state index contributed by atoms with van der Waals surface area (Å²) in [6.45, 7) is 2.46. The Morgan fingerprint density at radius 2 is 1.94 bits per heavy atom. The lowest BCUT2D eigenvalue weighted by atomic mass is 9.76. The number of rotatable bonds is 5. The Labute approximate surface area is 212 Å². The number of hydrogen-bond donors (Lipinski definition) is 1. The molecule has 1 N–H and O–H groups in total. The van der Waals surface area contributed by atoms with Gasteiger partial charge in [0.05, 0.1) is 17.6 Å². The molecule has 0 bridgehead atoms. The molecule has 0 fully saturated rings. The summed E-state index contributed by atoms with van der Waals surface area (Å²) in [4.78, 5) is 0. The quantitative estimate of drug-likeness (QED) is 0.327. The summed E-state index contributed by atoms with van der Waals surface area (Å²) in [5.74, 6) is 2.21. The third kappa shape index (κ3) is 4.37. The predicted molar refractivity (Wildman–Crippen MR) is 139 cm³/mol. The zero-order valence-electron chi connectivity index (χ0n) is 18.4. The smallest absolute Gasteiger partial charge is 0.175 e. The number of nitrogens with one attached hydrogen (secondary N) is 1. The molecule has 0 spiro atoms. The van der Waals surface area contributed by atoms with Crippen LogP contribution in [0.3, 0.4) is 0 Å². The molecular formula is C27H24BrCl2NO2. The highest BCUT2D eigenvalue weighted by molar-refractivity contribution is 9.10. The first-order valence-electron chi connectivity index (χ1n) is 10.9. The number of fused-ring (bicyclic) bond motifs is 3. The van der Waals surface area contributed by atoms with Gasteiger partial charge in [-0.05, 0) is 76.7 Å². The van der Waals surface area contributed by atoms with Crippen LogP contribution in [0, 0.1) is 12.8 Å². The van der Waals surface area contributed by atoms with E-state index < -0.39 is 0 Å². The fraction of sp³-hybridized carbons (Fsp3) is 0.259. The highest BCUT2D eigenvalue weighted by Crippen LogP contribution is 2.51. The second kappa shape index (κ2) is 9.25. The van der Waals surface area contributed by atoms with Crippen molar-refractivity contribution in [3.63, 3.8) is 0 Å². The van der Waals surface area contributed by atoms with Crippen LogP contribution in [0.25, 0.3) is 0 Å². The summed E-state index contributed by atoms with van der Waals surface area (Å²) in [5, 5.41) is 4.97. The molecular weight excluding hydrogens is 521 g/mol. The maximum atomic E-state index is 6.32. The van der Waals surface area contributed by atoms with E-state index in [1.54, 1.807) is 13.2 Å². The van der Waals surface area contributed by atoms with E-state index >= 15 is 0 Å². The SMILES string of the molecule is COc1cc([C@@H]2Nc3ccc(C)cc3[C@@H]3C=CC[C@@H]32)cc(Br)c1OCc1ccc(Cl)cc1Cl. The summed E-state index contributed by atoms with van der Waals surface area (Å²) in [5.41, 5.74) is 5.90. The van der Waals surface area contributed by atoms with Crippen LogP contribution < -0.4 is 14.8 Å². The average molecular weight is 545 g/mol. The van der Waals surface area contributed by atoms with Gasteiger partial charge in [0.25, 0.3) is 0 Å². The van der Waals surface area contributed by atoms with Gasteiger partial charge >= 0.3 is 0 Å². The van der Waals surface area contributed by atoms with Crippen molar-refractivity contribution in [3.8, 4) is 11.5 Å². The zero-order chi connectivity index (χ0) is 23.1. The molecule has 3 nitrogen and oxygen atoms in total. The van der Waals surface area contributed by atoms with Gasteiger partial charge in [0.1, 0.15) is 6.61 Å². The second-order valence-corrected chi connectivity index (χ2v) is 10.3. The van der Waals surface area contributed by atoms with Gasteiger partial charge in [0.15, 0.2) is 11.5 Å². The highest BCUT2D eigenvalue weighted by atomic mass is 79.9. The molecule has 1 aliphatic carbocycles. The van der Waals surface area contributed by atoms with E-state index in [-0.39, 0.29) is 6.04 Å². The highest BCUT2D eigenvalue weighted by Gasteiger charge is 2.38. The van der Waals surface area contributed by atoms with E-state index in [1.165, 1.54) is 22.4 Å². The van der Waals surface area contributed by atoms with Crippen LogP contribution in [-0.2, 0) is 6.61 Å². The fourth-order valence-corrected chi connectivity index (χ4v) is 5.93. The summed E-state index contributed by atoms with van der Waals surface area (Å²) in [6, 6.07) is 16.4. The first-order valence-corrected chi connectivity index (χ1v) is 12.5. The number of hydrogen-bond acceptors (Lipinski definition) is 3. The summed E-state index contributed by atoms with van der Waals surface area (Å²) < 4.78 is 12.7. The largest absolute Gasteiger partial charge is 0.493 e. The maximum absolute atomic E-state index is 6.32. The Bertz CT molecular complexity index is 1240. The molecule has 2 aliphatic rings. The summed E-state index contributed by atoms with van der Waals surface area (Å²) in [6.07, 6.45) is 5.71. The van der Waals surface area contributed by atoms with Crippen LogP contribution in [0.2, 0.25) is 10.0 Å². The van der Waals surface area contributed by atoms with Crippen molar-refractivity contribution in [2.45, 2.75) is 31.9 Å². The summed E-state index contributed by atoms with van der Waals surface area (Å²) >= 11 is 16.1. The second-order valence-electron chi connectivity index (χ2n) is 8.62. The van der Waals surface area contributed by atoms with E-state index in [2.05, 4.69) is 70.7 Å². The molecule has 6 heteroatoms. The number of methoxy groups -OCH3 is 1. The number of aryl methyl sites for hydroxylation is 1. The first-order chi connectivity index (χ1) is 15.9. The molecule has 0 unspecified atom stereocenters. The fourth-order valence-electron chi connectivity index (χ4n) is 4.89. The minimum absolute atomic E-state index is 0.171. The predicted octanol–water partition coefficient (Wildman–Crippen LogP) is 8.48. The number of ether oxygens (including phenoxy) is 2. The molecule has 3 atom stereocenters. The maximum Gasteiger partial charge on any atom is 0.175 e. The Morgan fingerprint density at radius 1 is 1.09 bits per heavy atom. The number of anilines is 1. The van der Waals surface area contributed by atoms with E-state index in [9.17, 15) is 0 Å². The molecule has 5 rings (SSSR count). The Balaban J connectivity index is 1.45. The summed E-state index contributed by atoms with van der Waals surface area (Å²) in [7, 11) is 1.67. The van der Waals surface area contributed by atoms with Crippen molar-refractivity contribution >= 4 is 44.8 Å². The lowest BCUT2D eigenvalue weighted by Crippen LogP contribution is -2.29. The van der Waals surface area contributed by atoms with Gasteiger partial charge in [-0.25, -0.2) is 0 Å². The molecule has 0 amide bonds. The van der Waals surface area contributed by atoms with Crippen LogP contribution in [0.4, 0.5) is 5.69 Å². The van der Waals surface area contributed by atoms with Crippen molar-refractivity contribution in [3.05, 3.63) is 97.5 Å². The van der Waals surface area contributed by atoms with Gasteiger partial charge in [0.2, 0.25) is 0 Å². The minimum atomic E-state index is 0.171. The normalized spacial score (nSPS) is 20.7. The topological polar surface area (TPSA) is 30.5 Å². The lowest BCUT2D eigenvalue weighted by molar-refractivity contribution is 0.282. The molecule has 0 radical (unpaired) electrons. The van der Waals surface area contributed by atoms with Crippen LogP contribution in [0.5, 0.6) is 11.5 Å². The molecule has 33 heavy (non-hydrogen) atoms. The molecule has 1 heterocycles. The van der Waals surface area contributed by atoms with Gasteiger partial charge in [-0.15, -0.1) is 0 Å². The van der Waals surface area contributed by atoms with Crippen molar-refractivity contribution in [1.82, 2.24) is 0 Å². The van der Waals surface area contributed by atoms with Crippen molar-refractivity contribution < 1.29 is 9.47 Å². The Morgan fingerprint density at radius 3 is 2.73 bits per heavy atom. The van der Waals surface area contributed by atoms with Gasteiger partial charge in [-0.2, -0.15) is 0 Å². The molecule has 0 saturated heterocycles. The van der Waals surface area contributed by atoms with Gasteiger partial charge in [-0.3, -0.25) is 0 Å². The lowest BCUT2D eigenvalue weighted by Gasteiger charge is -2.38. The van der Waals surface area contributed by atoms with Crippen molar-refractivity contribution in [2.75, 3.05) is 12.4 Å². The van der Waals surface area contributed by atoms with Crippen LogP contribution in [-0.4, -0.2) is 7.11 Å². The Kier molecular flexibility index (Phi) is 6.34. The zero-order valence-corrected chi connectivity index (χ0v) is 21.5. The van der Waals surface area contributed by atoms with E-state index in [0.29, 0.717) is 40.0 Å². The molecule has 170 valence electrons. The number of halogens is 3. The van der Waals surface area contributed by atoms with Gasteiger partial charge < -0.3 is 14.8 Å². The van der Waals surface area contributed by atoms with Gasteiger partial charge in [0, 0.05) is 27.2 Å². The minimum Gasteiger partial charge on any atom is -0.493 e. The number of benzene rings is 3. The monoisotopic (exact) mass is 543 g/mol. The Hall–Kier alpha value is -2.14. The van der Waals surface area contributed by atoms with Crippen LogP contribution in [0.15, 0.2) is 65.2 Å². The molecule has 0 saturated carbocycles. The van der Waals surface area contributed by atoms with E-state index in [4.69, 9.17) is 32.7 Å².